The summed E-state index contributed by atoms with van der Waals surface area (Å²) in [5.74, 6) is -4.56. The van der Waals surface area contributed by atoms with E-state index in [0.29, 0.717) is 11.1 Å². The van der Waals surface area contributed by atoms with Crippen LogP contribution in [-0.4, -0.2) is 50.6 Å². The summed E-state index contributed by atoms with van der Waals surface area (Å²) in [4.78, 5) is 52.8. The van der Waals surface area contributed by atoms with E-state index in [1.807, 2.05) is 0 Å². The SMILES string of the molecule is COC(=O)c1cccc(-c2ccc(NC(=O)OCc3ccccc3)c(=O)n2CC(=O)NC(O[Si](C)C)(C(C)C)C(C(C)(C)C)C(F)(F)F)c1. The summed E-state index contributed by atoms with van der Waals surface area (Å²) >= 11 is 0. The molecule has 2 atom stereocenters. The predicted octanol–water partition coefficient (Wildman–Crippen LogP) is 7.01. The van der Waals surface area contributed by atoms with Crippen molar-refractivity contribution in [3.8, 4) is 11.3 Å². The van der Waals surface area contributed by atoms with Crippen LogP contribution in [-0.2, 0) is 31.8 Å². The number of aromatic nitrogens is 1. The quantitative estimate of drug-likeness (QED) is 0.118. The van der Waals surface area contributed by atoms with Crippen LogP contribution >= 0.6 is 0 Å². The largest absolute Gasteiger partial charge is 0.465 e. The first-order valence-corrected chi connectivity index (χ1v) is 18.0. The minimum Gasteiger partial charge on any atom is -0.465 e. The summed E-state index contributed by atoms with van der Waals surface area (Å²) in [6.45, 7) is 9.88. The minimum absolute atomic E-state index is 0.0780. The maximum absolute atomic E-state index is 14.9. The van der Waals surface area contributed by atoms with Gasteiger partial charge >= 0.3 is 18.2 Å². The van der Waals surface area contributed by atoms with Crippen LogP contribution in [0.3, 0.4) is 0 Å². The molecule has 0 saturated carbocycles. The summed E-state index contributed by atoms with van der Waals surface area (Å²) < 4.78 is 61.8. The van der Waals surface area contributed by atoms with Crippen LogP contribution in [0.1, 0.15) is 50.5 Å². The zero-order valence-electron chi connectivity index (χ0n) is 28.9. The van der Waals surface area contributed by atoms with Crippen molar-refractivity contribution in [3.05, 3.63) is 88.2 Å². The van der Waals surface area contributed by atoms with Crippen molar-refractivity contribution in [1.82, 2.24) is 9.88 Å². The number of hydrogen-bond donors (Lipinski definition) is 2. The molecule has 3 aromatic rings. The molecule has 2 unspecified atom stereocenters. The lowest BCUT2D eigenvalue weighted by Gasteiger charge is -2.50. The number of benzene rings is 2. The summed E-state index contributed by atoms with van der Waals surface area (Å²) in [5.41, 5.74) is -3.34. The van der Waals surface area contributed by atoms with Gasteiger partial charge in [-0.1, -0.05) is 77.1 Å². The maximum Gasteiger partial charge on any atom is 0.412 e. The van der Waals surface area contributed by atoms with Crippen molar-refractivity contribution in [3.63, 3.8) is 0 Å². The van der Waals surface area contributed by atoms with E-state index in [9.17, 15) is 32.3 Å². The van der Waals surface area contributed by atoms with Crippen molar-refractivity contribution in [1.29, 1.82) is 0 Å². The average molecular weight is 703 g/mol. The molecule has 49 heavy (non-hydrogen) atoms. The van der Waals surface area contributed by atoms with Crippen molar-refractivity contribution >= 4 is 32.7 Å². The highest BCUT2D eigenvalue weighted by molar-refractivity contribution is 6.48. The lowest BCUT2D eigenvalue weighted by atomic mass is 9.70. The van der Waals surface area contributed by atoms with Crippen LogP contribution in [0.5, 0.6) is 0 Å². The molecule has 265 valence electrons. The van der Waals surface area contributed by atoms with Gasteiger partial charge in [0.2, 0.25) is 14.9 Å². The normalized spacial score (nSPS) is 13.8. The van der Waals surface area contributed by atoms with Crippen LogP contribution in [0.2, 0.25) is 13.1 Å². The Hall–Kier alpha value is -4.43. The number of ether oxygens (including phenoxy) is 2. The van der Waals surface area contributed by atoms with Gasteiger partial charge < -0.3 is 19.2 Å². The van der Waals surface area contributed by atoms with Gasteiger partial charge in [-0.3, -0.25) is 19.5 Å². The standard InChI is InChI=1S/C35H43F3N3O7Si/c1-22(2)34(48-49(7)8,31(33(3,4)5)35(36,37)38)40-28(42)20-41-27(24-15-12-16-25(19-24)30(44)46-6)18-17-26(29(41)43)39-32(45)47-21-23-13-10-9-11-14-23/h9-19,22,31H,20-21H2,1-8H3,(H,39,45)(H,40,42). The molecular formula is C35H43F3N3O7Si. The first kappa shape index (κ1) is 39.0. The van der Waals surface area contributed by atoms with E-state index in [1.165, 1.54) is 66.0 Å². The van der Waals surface area contributed by atoms with E-state index >= 15 is 0 Å². The van der Waals surface area contributed by atoms with Crippen LogP contribution < -0.4 is 16.2 Å². The van der Waals surface area contributed by atoms with Gasteiger partial charge in [0.15, 0.2) is 0 Å². The molecule has 0 bridgehead atoms. The third-order valence-corrected chi connectivity index (χ3v) is 8.44. The van der Waals surface area contributed by atoms with E-state index in [1.54, 1.807) is 55.6 Å². The van der Waals surface area contributed by atoms with Crippen LogP contribution in [0.4, 0.5) is 23.7 Å². The van der Waals surface area contributed by atoms with Gasteiger partial charge in [-0.05, 0) is 53.9 Å². The predicted molar refractivity (Wildman–Crippen MR) is 181 cm³/mol. The second-order valence-corrected chi connectivity index (χ2v) is 15.2. The molecule has 0 saturated heterocycles. The van der Waals surface area contributed by atoms with Gasteiger partial charge in [0, 0.05) is 5.92 Å². The zero-order valence-corrected chi connectivity index (χ0v) is 29.9. The fourth-order valence-electron chi connectivity index (χ4n) is 5.74. The lowest BCUT2D eigenvalue weighted by molar-refractivity contribution is -0.265. The molecule has 0 spiro atoms. The van der Waals surface area contributed by atoms with Crippen LogP contribution in [0.25, 0.3) is 11.3 Å². The molecule has 2 N–H and O–H groups in total. The number of anilines is 1. The fourth-order valence-corrected chi connectivity index (χ4v) is 6.82. The molecule has 0 aliphatic heterocycles. The summed E-state index contributed by atoms with van der Waals surface area (Å²) in [6.07, 6.45) is -5.71. The van der Waals surface area contributed by atoms with Gasteiger partial charge in [0.05, 0.1) is 18.4 Å². The Bertz CT molecular complexity index is 1670. The van der Waals surface area contributed by atoms with Crippen molar-refractivity contribution in [2.75, 3.05) is 12.4 Å². The molecule has 0 fully saturated rings. The Morgan fingerprint density at radius 3 is 2.14 bits per heavy atom. The Morgan fingerprint density at radius 1 is 0.939 bits per heavy atom. The number of esters is 1. The minimum atomic E-state index is -4.77. The number of carbonyl (C=O) groups excluding carboxylic acids is 3. The van der Waals surface area contributed by atoms with E-state index < -0.39 is 68.3 Å². The van der Waals surface area contributed by atoms with E-state index in [0.717, 1.165) is 4.57 Å². The Balaban J connectivity index is 2.11. The average Bonchev–Trinajstić information content (AvgIpc) is 3.00. The highest BCUT2D eigenvalue weighted by atomic mass is 28.3. The molecular weight excluding hydrogens is 659 g/mol. The number of hydrogen-bond acceptors (Lipinski definition) is 7. The molecule has 0 aliphatic carbocycles. The summed E-state index contributed by atoms with van der Waals surface area (Å²) in [7, 11) is -0.615. The molecule has 2 aromatic carbocycles. The van der Waals surface area contributed by atoms with Gasteiger partial charge in [-0.25, -0.2) is 9.59 Å². The van der Waals surface area contributed by atoms with Crippen molar-refractivity contribution in [2.45, 2.75) is 72.8 Å². The summed E-state index contributed by atoms with van der Waals surface area (Å²) in [5, 5.41) is 4.96. The topological polar surface area (TPSA) is 125 Å². The monoisotopic (exact) mass is 702 g/mol. The highest BCUT2D eigenvalue weighted by Crippen LogP contribution is 2.49. The second-order valence-electron chi connectivity index (χ2n) is 13.1. The van der Waals surface area contributed by atoms with Gasteiger partial charge in [0.25, 0.3) is 5.56 Å². The molecule has 14 heteroatoms. The molecule has 3 rings (SSSR count). The first-order chi connectivity index (χ1) is 22.8. The Kier molecular flexibility index (Phi) is 12.6. The number of alkyl halides is 3. The van der Waals surface area contributed by atoms with Crippen molar-refractivity contribution in [2.24, 2.45) is 17.3 Å². The Labute approximate surface area is 285 Å². The molecule has 1 aromatic heterocycles. The van der Waals surface area contributed by atoms with Crippen LogP contribution in [0.15, 0.2) is 71.5 Å². The number of halogens is 3. The number of nitrogens with zero attached hydrogens (tertiary/aromatic N) is 1. The molecule has 2 amide bonds. The third-order valence-electron chi connectivity index (χ3n) is 7.69. The number of amides is 2. The number of nitrogens with one attached hydrogen (secondary N) is 2. The van der Waals surface area contributed by atoms with Crippen molar-refractivity contribution < 1.29 is 41.5 Å². The number of pyridine rings is 1. The third kappa shape index (κ3) is 9.82. The highest BCUT2D eigenvalue weighted by Gasteiger charge is 2.61. The molecule has 0 aliphatic rings. The molecule has 1 heterocycles. The lowest BCUT2D eigenvalue weighted by Crippen LogP contribution is -2.67. The number of rotatable bonds is 12. The van der Waals surface area contributed by atoms with Gasteiger partial charge in [-0.2, -0.15) is 13.2 Å². The second kappa shape index (κ2) is 15.9. The zero-order chi connectivity index (χ0) is 36.7. The Morgan fingerprint density at radius 2 is 1.59 bits per heavy atom. The molecule has 10 nitrogen and oxygen atoms in total. The smallest absolute Gasteiger partial charge is 0.412 e. The maximum atomic E-state index is 14.9. The molecule has 1 radical (unpaired) electrons. The number of methoxy groups -OCH3 is 1. The number of carbonyl (C=O) groups is 3. The first-order valence-electron chi connectivity index (χ1n) is 15.6. The fraction of sp³-hybridized carbons (Fsp3) is 0.429. The van der Waals surface area contributed by atoms with E-state index in [2.05, 4.69) is 10.6 Å². The van der Waals surface area contributed by atoms with E-state index in [4.69, 9.17) is 13.9 Å². The van der Waals surface area contributed by atoms with Gasteiger partial charge in [-0.15, -0.1) is 0 Å². The van der Waals surface area contributed by atoms with Gasteiger partial charge in [0.1, 0.15) is 30.5 Å². The summed E-state index contributed by atoms with van der Waals surface area (Å²) in [6, 6.07) is 17.7. The van der Waals surface area contributed by atoms with Crippen LogP contribution in [0, 0.1) is 17.3 Å². The van der Waals surface area contributed by atoms with E-state index in [-0.39, 0.29) is 23.6 Å².